The van der Waals surface area contributed by atoms with Gasteiger partial charge in [0.15, 0.2) is 0 Å². The van der Waals surface area contributed by atoms with Gasteiger partial charge in [0.05, 0.1) is 0 Å². The molecule has 2 aliphatic rings. The quantitative estimate of drug-likeness (QED) is 0.842. The molecule has 0 amide bonds. The van der Waals surface area contributed by atoms with E-state index in [4.69, 9.17) is 14.7 Å². The molecule has 6 heteroatoms. The van der Waals surface area contributed by atoms with Crippen LogP contribution in [0.5, 0.6) is 5.75 Å². The van der Waals surface area contributed by atoms with Crippen LogP contribution in [0.1, 0.15) is 36.9 Å². The lowest BCUT2D eigenvalue weighted by Gasteiger charge is -2.34. The van der Waals surface area contributed by atoms with E-state index in [9.17, 15) is 0 Å². The summed E-state index contributed by atoms with van der Waals surface area (Å²) >= 11 is 0. The van der Waals surface area contributed by atoms with Crippen LogP contribution in [-0.2, 0) is 0 Å². The molecule has 26 heavy (non-hydrogen) atoms. The summed E-state index contributed by atoms with van der Waals surface area (Å²) in [5, 5.41) is 0. The van der Waals surface area contributed by atoms with Crippen molar-refractivity contribution in [3.05, 3.63) is 35.8 Å². The van der Waals surface area contributed by atoms with E-state index in [1.54, 1.807) is 12.4 Å². The van der Waals surface area contributed by atoms with E-state index < -0.39 is 0 Å². The number of anilines is 2. The summed E-state index contributed by atoms with van der Waals surface area (Å²) in [6, 6.07) is 3.85. The molecule has 2 aromatic rings. The normalized spacial score (nSPS) is 18.4. The number of pyridine rings is 1. The number of hydrogen-bond donors (Lipinski definition) is 0. The van der Waals surface area contributed by atoms with Gasteiger partial charge in [0.25, 0.3) is 0 Å². The lowest BCUT2D eigenvalue weighted by atomic mass is 10.1. The van der Waals surface area contributed by atoms with Crippen LogP contribution in [0.25, 0.3) is 0 Å². The van der Waals surface area contributed by atoms with Crippen molar-refractivity contribution in [1.82, 2.24) is 15.0 Å². The molecule has 0 radical (unpaired) electrons. The molecule has 0 saturated carbocycles. The van der Waals surface area contributed by atoms with Crippen LogP contribution in [0.3, 0.4) is 0 Å². The average Bonchev–Trinajstić information content (AvgIpc) is 3.20. The first-order valence-corrected chi connectivity index (χ1v) is 9.62. The first-order valence-electron chi connectivity index (χ1n) is 9.62. The Bertz CT molecular complexity index is 737. The zero-order chi connectivity index (χ0) is 17.9. The Morgan fingerprint density at radius 2 is 1.62 bits per heavy atom. The fourth-order valence-corrected chi connectivity index (χ4v) is 3.76. The minimum atomic E-state index is 0.259. The first kappa shape index (κ1) is 17.1. The third-order valence-corrected chi connectivity index (χ3v) is 5.43. The lowest BCUT2D eigenvalue weighted by Crippen LogP contribution is -2.39. The molecule has 138 valence electrons. The van der Waals surface area contributed by atoms with Gasteiger partial charge in [0.2, 0.25) is 5.95 Å². The molecule has 0 unspecified atom stereocenters. The molecule has 2 aromatic heterocycles. The molecule has 0 spiro atoms. The molecule has 4 rings (SSSR count). The van der Waals surface area contributed by atoms with Gasteiger partial charge in [-0.15, -0.1) is 0 Å². The fraction of sp³-hybridized carbons (Fsp3) is 0.550. The van der Waals surface area contributed by atoms with Crippen molar-refractivity contribution in [1.29, 1.82) is 0 Å². The van der Waals surface area contributed by atoms with Crippen molar-refractivity contribution in [2.75, 3.05) is 36.0 Å². The molecule has 0 aromatic carbocycles. The van der Waals surface area contributed by atoms with Crippen LogP contribution >= 0.6 is 0 Å². The zero-order valence-electron chi connectivity index (χ0n) is 15.7. The molecule has 2 fully saturated rings. The lowest BCUT2D eigenvalue weighted by molar-refractivity contribution is 0.170. The number of hydrogen-bond acceptors (Lipinski definition) is 6. The van der Waals surface area contributed by atoms with Gasteiger partial charge >= 0.3 is 0 Å². The second-order valence-corrected chi connectivity index (χ2v) is 7.24. The minimum Gasteiger partial charge on any atom is -0.490 e. The largest absolute Gasteiger partial charge is 0.490 e. The summed E-state index contributed by atoms with van der Waals surface area (Å²) in [6.07, 6.45) is 8.30. The summed E-state index contributed by atoms with van der Waals surface area (Å²) < 4.78 is 6.09. The Hall–Kier alpha value is -2.37. The number of piperidine rings is 1. The first-order chi connectivity index (χ1) is 12.7. The van der Waals surface area contributed by atoms with E-state index in [-0.39, 0.29) is 6.10 Å². The number of ether oxygens (including phenoxy) is 1. The van der Waals surface area contributed by atoms with E-state index >= 15 is 0 Å². The van der Waals surface area contributed by atoms with Crippen molar-refractivity contribution in [2.45, 2.75) is 45.6 Å². The van der Waals surface area contributed by atoms with E-state index in [0.29, 0.717) is 0 Å². The van der Waals surface area contributed by atoms with Crippen LogP contribution < -0.4 is 14.5 Å². The number of aryl methyl sites for hydroxylation is 1. The minimum absolute atomic E-state index is 0.259. The van der Waals surface area contributed by atoms with Gasteiger partial charge in [0, 0.05) is 62.7 Å². The van der Waals surface area contributed by atoms with Crippen molar-refractivity contribution in [3.8, 4) is 5.75 Å². The van der Waals surface area contributed by atoms with E-state index in [0.717, 1.165) is 62.2 Å². The van der Waals surface area contributed by atoms with Gasteiger partial charge in [-0.2, -0.15) is 4.98 Å². The SMILES string of the molecule is Cc1nc(N2CCCC2)nc(N2CCC(Oc3ccncc3)CC2)c1C. The fourth-order valence-electron chi connectivity index (χ4n) is 3.76. The number of nitrogens with zero attached hydrogens (tertiary/aromatic N) is 5. The Balaban J connectivity index is 1.45. The third-order valence-electron chi connectivity index (χ3n) is 5.43. The molecule has 6 nitrogen and oxygen atoms in total. The van der Waals surface area contributed by atoms with Gasteiger partial charge in [-0.3, -0.25) is 4.98 Å². The van der Waals surface area contributed by atoms with E-state index in [1.807, 2.05) is 12.1 Å². The maximum Gasteiger partial charge on any atom is 0.227 e. The van der Waals surface area contributed by atoms with Crippen LogP contribution in [0.4, 0.5) is 11.8 Å². The van der Waals surface area contributed by atoms with Gasteiger partial charge in [0.1, 0.15) is 17.7 Å². The Morgan fingerprint density at radius 3 is 2.31 bits per heavy atom. The predicted molar refractivity (Wildman–Crippen MR) is 103 cm³/mol. The molecule has 0 N–H and O–H groups in total. The molecule has 0 bridgehead atoms. The molecule has 2 aliphatic heterocycles. The standard InChI is InChI=1S/C20H27N5O/c1-15-16(2)22-20(25-11-3-4-12-25)23-19(15)24-13-7-18(8-14-24)26-17-5-9-21-10-6-17/h5-6,9-10,18H,3-4,7-8,11-14H2,1-2H3. The maximum absolute atomic E-state index is 6.09. The Labute approximate surface area is 155 Å². The maximum atomic E-state index is 6.09. The Kier molecular flexibility index (Phi) is 4.91. The van der Waals surface area contributed by atoms with Crippen molar-refractivity contribution < 1.29 is 4.74 Å². The van der Waals surface area contributed by atoms with Gasteiger partial charge in [-0.25, -0.2) is 4.98 Å². The summed E-state index contributed by atoms with van der Waals surface area (Å²) in [7, 11) is 0. The highest BCUT2D eigenvalue weighted by molar-refractivity contribution is 5.53. The monoisotopic (exact) mass is 353 g/mol. The number of rotatable bonds is 4. The molecule has 2 saturated heterocycles. The second-order valence-electron chi connectivity index (χ2n) is 7.24. The summed E-state index contributed by atoms with van der Waals surface area (Å²) in [5.41, 5.74) is 2.29. The Morgan fingerprint density at radius 1 is 0.923 bits per heavy atom. The smallest absolute Gasteiger partial charge is 0.227 e. The average molecular weight is 353 g/mol. The highest BCUT2D eigenvalue weighted by Gasteiger charge is 2.25. The molecule has 0 atom stereocenters. The van der Waals surface area contributed by atoms with Crippen molar-refractivity contribution in [2.24, 2.45) is 0 Å². The second kappa shape index (κ2) is 7.48. The molecule has 4 heterocycles. The topological polar surface area (TPSA) is 54.4 Å². The van der Waals surface area contributed by atoms with Gasteiger partial charge in [-0.05, 0) is 38.8 Å². The van der Waals surface area contributed by atoms with E-state index in [2.05, 4.69) is 28.6 Å². The number of aromatic nitrogens is 3. The van der Waals surface area contributed by atoms with Crippen LogP contribution in [0.2, 0.25) is 0 Å². The highest BCUT2D eigenvalue weighted by Crippen LogP contribution is 2.28. The van der Waals surface area contributed by atoms with Gasteiger partial charge in [-0.1, -0.05) is 0 Å². The van der Waals surface area contributed by atoms with Crippen LogP contribution in [0, 0.1) is 13.8 Å². The summed E-state index contributed by atoms with van der Waals surface area (Å²) in [4.78, 5) is 18.4. The van der Waals surface area contributed by atoms with E-state index in [1.165, 1.54) is 18.4 Å². The van der Waals surface area contributed by atoms with Gasteiger partial charge < -0.3 is 14.5 Å². The van der Waals surface area contributed by atoms with Crippen LogP contribution in [-0.4, -0.2) is 47.2 Å². The van der Waals surface area contributed by atoms with Crippen molar-refractivity contribution in [3.63, 3.8) is 0 Å². The molecule has 0 aliphatic carbocycles. The molecular formula is C20H27N5O. The van der Waals surface area contributed by atoms with Crippen LogP contribution in [0.15, 0.2) is 24.5 Å². The molecular weight excluding hydrogens is 326 g/mol. The summed E-state index contributed by atoms with van der Waals surface area (Å²) in [5.74, 6) is 2.90. The van der Waals surface area contributed by atoms with Crippen molar-refractivity contribution >= 4 is 11.8 Å². The highest BCUT2D eigenvalue weighted by atomic mass is 16.5. The third kappa shape index (κ3) is 3.59. The predicted octanol–water partition coefficient (Wildman–Crippen LogP) is 3.14. The zero-order valence-corrected chi connectivity index (χ0v) is 15.7. The summed E-state index contributed by atoms with van der Waals surface area (Å²) in [6.45, 7) is 8.31.